The van der Waals surface area contributed by atoms with Crippen molar-refractivity contribution in [2.45, 2.75) is 26.8 Å². The maximum atomic E-state index is 12.0. The van der Waals surface area contributed by atoms with Crippen molar-refractivity contribution < 1.29 is 9.53 Å². The summed E-state index contributed by atoms with van der Waals surface area (Å²) in [5.74, 6) is 0.0929. The predicted molar refractivity (Wildman–Crippen MR) is 78.7 cm³/mol. The average molecular weight is 304 g/mol. The Morgan fingerprint density at radius 3 is 2.58 bits per heavy atom. The first-order valence-corrected chi connectivity index (χ1v) is 7.06. The maximum Gasteiger partial charge on any atom is 0.327 e. The second kappa shape index (κ2) is 7.73. The normalized spacial score (nSPS) is 12.5. The van der Waals surface area contributed by atoms with Gasteiger partial charge in [0.2, 0.25) is 0 Å². The van der Waals surface area contributed by atoms with Crippen molar-refractivity contribution in [3.05, 3.63) is 33.8 Å². The molecule has 1 aromatic rings. The van der Waals surface area contributed by atoms with E-state index in [1.165, 1.54) is 0 Å². The van der Waals surface area contributed by atoms with Crippen LogP contribution in [0.2, 0.25) is 10.0 Å². The Morgan fingerprint density at radius 2 is 2.05 bits per heavy atom. The van der Waals surface area contributed by atoms with Crippen molar-refractivity contribution >= 4 is 29.2 Å². The number of halogens is 2. The van der Waals surface area contributed by atoms with Gasteiger partial charge in [0.1, 0.15) is 6.04 Å². The summed E-state index contributed by atoms with van der Waals surface area (Å²) in [5.41, 5.74) is 0.685. The summed E-state index contributed by atoms with van der Waals surface area (Å²) in [5, 5.41) is 4.18. The fourth-order valence-electron chi connectivity index (χ4n) is 1.64. The highest BCUT2D eigenvalue weighted by molar-refractivity contribution is 6.35. The minimum absolute atomic E-state index is 0.327. The van der Waals surface area contributed by atoms with E-state index in [4.69, 9.17) is 27.9 Å². The highest BCUT2D eigenvalue weighted by atomic mass is 35.5. The van der Waals surface area contributed by atoms with Crippen LogP contribution in [-0.2, 0) is 9.53 Å². The van der Waals surface area contributed by atoms with Crippen molar-refractivity contribution in [2.24, 2.45) is 5.92 Å². The van der Waals surface area contributed by atoms with Gasteiger partial charge in [0.05, 0.1) is 6.61 Å². The first kappa shape index (κ1) is 16.3. The standard InChI is InChI=1S/C14H19Cl2NO2/c1-4-19-14(18)13(17-8-9(2)3)11-6-5-10(15)7-12(11)16/h5-7,9,13,17H,4,8H2,1-3H3. The van der Waals surface area contributed by atoms with Crippen LogP contribution < -0.4 is 5.32 Å². The molecule has 1 N–H and O–H groups in total. The smallest absolute Gasteiger partial charge is 0.327 e. The summed E-state index contributed by atoms with van der Waals surface area (Å²) in [6.07, 6.45) is 0. The molecule has 0 heterocycles. The highest BCUT2D eigenvalue weighted by Crippen LogP contribution is 2.27. The van der Waals surface area contributed by atoms with Gasteiger partial charge < -0.3 is 10.1 Å². The summed E-state index contributed by atoms with van der Waals surface area (Å²) in [6, 6.07) is 4.53. The highest BCUT2D eigenvalue weighted by Gasteiger charge is 2.24. The molecule has 0 spiro atoms. The van der Waals surface area contributed by atoms with Crippen molar-refractivity contribution in [3.8, 4) is 0 Å². The van der Waals surface area contributed by atoms with Gasteiger partial charge in [-0.3, -0.25) is 0 Å². The lowest BCUT2D eigenvalue weighted by Crippen LogP contribution is -2.33. The van der Waals surface area contributed by atoms with E-state index in [1.807, 2.05) is 0 Å². The van der Waals surface area contributed by atoms with Crippen LogP contribution >= 0.6 is 23.2 Å². The summed E-state index contributed by atoms with van der Waals surface area (Å²) in [7, 11) is 0. The topological polar surface area (TPSA) is 38.3 Å². The fourth-order valence-corrected chi connectivity index (χ4v) is 2.15. The van der Waals surface area contributed by atoms with E-state index < -0.39 is 6.04 Å². The van der Waals surface area contributed by atoms with Crippen LogP contribution in [0.15, 0.2) is 18.2 Å². The summed E-state index contributed by atoms with van der Waals surface area (Å²) >= 11 is 12.0. The van der Waals surface area contributed by atoms with Gasteiger partial charge in [0.15, 0.2) is 0 Å². The van der Waals surface area contributed by atoms with Crippen LogP contribution in [0.25, 0.3) is 0 Å². The molecule has 0 fully saturated rings. The number of hydrogen-bond donors (Lipinski definition) is 1. The second-order valence-electron chi connectivity index (χ2n) is 4.65. The zero-order valence-electron chi connectivity index (χ0n) is 11.4. The van der Waals surface area contributed by atoms with E-state index in [0.717, 1.165) is 0 Å². The van der Waals surface area contributed by atoms with Crippen molar-refractivity contribution in [1.29, 1.82) is 0 Å². The number of rotatable bonds is 6. The molecule has 0 aliphatic carbocycles. The zero-order chi connectivity index (χ0) is 14.4. The molecule has 0 amide bonds. The van der Waals surface area contributed by atoms with Crippen LogP contribution in [0.1, 0.15) is 32.4 Å². The van der Waals surface area contributed by atoms with E-state index in [1.54, 1.807) is 25.1 Å². The van der Waals surface area contributed by atoms with Crippen molar-refractivity contribution in [3.63, 3.8) is 0 Å². The first-order chi connectivity index (χ1) is 8.95. The van der Waals surface area contributed by atoms with Gasteiger partial charge in [0, 0.05) is 10.0 Å². The van der Waals surface area contributed by atoms with Crippen LogP contribution in [0.4, 0.5) is 0 Å². The number of hydrogen-bond acceptors (Lipinski definition) is 3. The molecule has 0 saturated heterocycles. The number of nitrogens with one attached hydrogen (secondary N) is 1. The Kier molecular flexibility index (Phi) is 6.63. The van der Waals surface area contributed by atoms with Crippen molar-refractivity contribution in [1.82, 2.24) is 5.32 Å². The van der Waals surface area contributed by atoms with Gasteiger partial charge in [0.25, 0.3) is 0 Å². The minimum Gasteiger partial charge on any atom is -0.465 e. The molecule has 0 aromatic heterocycles. The maximum absolute atomic E-state index is 12.0. The Morgan fingerprint density at radius 1 is 1.37 bits per heavy atom. The molecule has 1 rings (SSSR count). The third kappa shape index (κ3) is 5.01. The van der Waals surface area contributed by atoms with Gasteiger partial charge in [-0.2, -0.15) is 0 Å². The Bertz CT molecular complexity index is 435. The lowest BCUT2D eigenvalue weighted by molar-refractivity contribution is -0.145. The van der Waals surface area contributed by atoms with Gasteiger partial charge in [-0.05, 0) is 37.1 Å². The lowest BCUT2D eigenvalue weighted by atomic mass is 10.1. The zero-order valence-corrected chi connectivity index (χ0v) is 12.9. The van der Waals surface area contributed by atoms with E-state index >= 15 is 0 Å². The molecule has 3 nitrogen and oxygen atoms in total. The van der Waals surface area contributed by atoms with Gasteiger partial charge in [-0.25, -0.2) is 4.79 Å². The molecular formula is C14H19Cl2NO2. The monoisotopic (exact) mass is 303 g/mol. The van der Waals surface area contributed by atoms with Crippen LogP contribution in [0.5, 0.6) is 0 Å². The second-order valence-corrected chi connectivity index (χ2v) is 5.50. The molecule has 1 unspecified atom stereocenters. The molecule has 0 aliphatic rings. The lowest BCUT2D eigenvalue weighted by Gasteiger charge is -2.20. The van der Waals surface area contributed by atoms with Gasteiger partial charge >= 0.3 is 5.97 Å². The molecule has 106 valence electrons. The molecule has 1 atom stereocenters. The summed E-state index contributed by atoms with van der Waals surface area (Å²) in [4.78, 5) is 12.0. The molecule has 0 radical (unpaired) electrons. The number of carbonyl (C=O) groups excluding carboxylic acids is 1. The van der Waals surface area contributed by atoms with E-state index in [9.17, 15) is 4.79 Å². The minimum atomic E-state index is -0.563. The van der Waals surface area contributed by atoms with Crippen LogP contribution in [0, 0.1) is 5.92 Å². The van der Waals surface area contributed by atoms with E-state index in [-0.39, 0.29) is 5.97 Å². The number of ether oxygens (including phenoxy) is 1. The van der Waals surface area contributed by atoms with Crippen LogP contribution in [-0.4, -0.2) is 19.1 Å². The van der Waals surface area contributed by atoms with Gasteiger partial charge in [-0.15, -0.1) is 0 Å². The van der Waals surface area contributed by atoms with Crippen molar-refractivity contribution in [2.75, 3.05) is 13.2 Å². The molecule has 19 heavy (non-hydrogen) atoms. The third-order valence-corrected chi connectivity index (χ3v) is 3.09. The van der Waals surface area contributed by atoms with Crippen LogP contribution in [0.3, 0.4) is 0 Å². The number of esters is 1. The Balaban J connectivity index is 2.97. The average Bonchev–Trinajstić information content (AvgIpc) is 2.31. The quantitative estimate of drug-likeness (QED) is 0.811. The summed E-state index contributed by atoms with van der Waals surface area (Å²) in [6.45, 7) is 6.95. The largest absolute Gasteiger partial charge is 0.465 e. The molecule has 0 bridgehead atoms. The SMILES string of the molecule is CCOC(=O)C(NCC(C)C)c1ccc(Cl)cc1Cl. The van der Waals surface area contributed by atoms with Gasteiger partial charge in [-0.1, -0.05) is 43.1 Å². The van der Waals surface area contributed by atoms with E-state index in [0.29, 0.717) is 34.7 Å². The molecule has 1 aromatic carbocycles. The molecule has 0 saturated carbocycles. The molecular weight excluding hydrogens is 285 g/mol. The summed E-state index contributed by atoms with van der Waals surface area (Å²) < 4.78 is 5.08. The molecule has 5 heteroatoms. The number of carbonyl (C=O) groups is 1. The Hall–Kier alpha value is -0.770. The third-order valence-electron chi connectivity index (χ3n) is 2.53. The fraction of sp³-hybridized carbons (Fsp3) is 0.500. The van der Waals surface area contributed by atoms with E-state index in [2.05, 4.69) is 19.2 Å². The molecule has 0 aliphatic heterocycles. The predicted octanol–water partition coefficient (Wildman–Crippen LogP) is 3.84. The Labute approximate surface area is 124 Å². The first-order valence-electron chi connectivity index (χ1n) is 6.30. The number of benzene rings is 1.